The quantitative estimate of drug-likeness (QED) is 0.745. The molecule has 2 aromatic rings. The van der Waals surface area contributed by atoms with Crippen molar-refractivity contribution < 1.29 is 17.6 Å². The zero-order chi connectivity index (χ0) is 20.9. The third-order valence-electron chi connectivity index (χ3n) is 5.49. The molecule has 1 amide bonds. The highest BCUT2D eigenvalue weighted by molar-refractivity contribution is 7.89. The minimum Gasteiger partial charge on any atom is -0.352 e. The number of carbonyl (C=O) groups excluding carboxylic acids is 1. The third kappa shape index (κ3) is 5.42. The molecule has 2 aromatic carbocycles. The van der Waals surface area contributed by atoms with Crippen LogP contribution in [0.4, 0.5) is 4.39 Å². The van der Waals surface area contributed by atoms with Crippen LogP contribution in [0.3, 0.4) is 0 Å². The summed E-state index contributed by atoms with van der Waals surface area (Å²) in [6, 6.07) is 12.2. The molecule has 7 heteroatoms. The van der Waals surface area contributed by atoms with Crippen LogP contribution in [0, 0.1) is 5.82 Å². The minimum absolute atomic E-state index is 0.0446. The summed E-state index contributed by atoms with van der Waals surface area (Å²) in [4.78, 5) is 12.5. The second-order valence-electron chi connectivity index (χ2n) is 7.47. The fraction of sp³-hybridized carbons (Fsp3) is 0.409. The maximum absolute atomic E-state index is 12.9. The maximum atomic E-state index is 12.9. The van der Waals surface area contributed by atoms with Crippen molar-refractivity contribution in [3.05, 3.63) is 65.5 Å². The molecule has 0 bridgehead atoms. The van der Waals surface area contributed by atoms with E-state index in [9.17, 15) is 17.6 Å². The Morgan fingerprint density at radius 1 is 1.03 bits per heavy atom. The van der Waals surface area contributed by atoms with Crippen molar-refractivity contribution in [3.63, 3.8) is 0 Å². The summed E-state index contributed by atoms with van der Waals surface area (Å²) >= 11 is 0. The molecule has 0 heterocycles. The van der Waals surface area contributed by atoms with Crippen LogP contribution in [0.2, 0.25) is 0 Å². The Morgan fingerprint density at radius 3 is 2.28 bits per heavy atom. The fourth-order valence-electron chi connectivity index (χ4n) is 3.66. The average Bonchev–Trinajstić information content (AvgIpc) is 2.75. The first-order chi connectivity index (χ1) is 13.9. The van der Waals surface area contributed by atoms with Gasteiger partial charge in [0.15, 0.2) is 0 Å². The number of halogens is 1. The standard InChI is InChI=1S/C22H27FN2O3S/c1-25(20-5-3-2-4-6-20)29(27,28)21-13-9-18(10-14-21)22(26)24-16-15-17-7-11-19(23)12-8-17/h7-14,20H,2-6,15-16H2,1H3,(H,24,26). The molecule has 1 aliphatic rings. The second kappa shape index (κ2) is 9.50. The van der Waals surface area contributed by atoms with E-state index in [4.69, 9.17) is 0 Å². The molecule has 0 spiro atoms. The van der Waals surface area contributed by atoms with E-state index in [-0.39, 0.29) is 22.7 Å². The van der Waals surface area contributed by atoms with Gasteiger partial charge in [0.2, 0.25) is 10.0 Å². The van der Waals surface area contributed by atoms with Crippen molar-refractivity contribution in [2.75, 3.05) is 13.6 Å². The molecule has 29 heavy (non-hydrogen) atoms. The predicted octanol–water partition coefficient (Wildman–Crippen LogP) is 3.75. The van der Waals surface area contributed by atoms with Crippen molar-refractivity contribution in [1.29, 1.82) is 0 Å². The SMILES string of the molecule is CN(C1CCCCC1)S(=O)(=O)c1ccc(C(=O)NCCc2ccc(F)cc2)cc1. The van der Waals surface area contributed by atoms with E-state index >= 15 is 0 Å². The van der Waals surface area contributed by atoms with Crippen LogP contribution in [0.5, 0.6) is 0 Å². The lowest BCUT2D eigenvalue weighted by Gasteiger charge is -2.30. The first-order valence-electron chi connectivity index (χ1n) is 9.98. The van der Waals surface area contributed by atoms with Crippen molar-refractivity contribution in [1.82, 2.24) is 9.62 Å². The molecule has 5 nitrogen and oxygen atoms in total. The summed E-state index contributed by atoms with van der Waals surface area (Å²) < 4.78 is 40.1. The van der Waals surface area contributed by atoms with Crippen LogP contribution < -0.4 is 5.32 Å². The number of nitrogens with zero attached hydrogens (tertiary/aromatic N) is 1. The van der Waals surface area contributed by atoms with E-state index in [0.29, 0.717) is 18.5 Å². The first-order valence-corrected chi connectivity index (χ1v) is 11.4. The van der Waals surface area contributed by atoms with Crippen molar-refractivity contribution in [2.45, 2.75) is 49.5 Å². The normalized spacial score (nSPS) is 15.4. The second-order valence-corrected chi connectivity index (χ2v) is 9.47. The predicted molar refractivity (Wildman–Crippen MR) is 111 cm³/mol. The van der Waals surface area contributed by atoms with E-state index in [1.807, 2.05) is 0 Å². The minimum atomic E-state index is -3.57. The van der Waals surface area contributed by atoms with Crippen LogP contribution in [0.15, 0.2) is 53.4 Å². The van der Waals surface area contributed by atoms with Gasteiger partial charge in [-0.3, -0.25) is 4.79 Å². The Bertz CT molecular complexity index is 922. The molecule has 1 saturated carbocycles. The summed E-state index contributed by atoms with van der Waals surface area (Å²) in [5, 5.41) is 2.80. The zero-order valence-corrected chi connectivity index (χ0v) is 17.4. The molecule has 0 radical (unpaired) electrons. The third-order valence-corrected chi connectivity index (χ3v) is 7.42. The monoisotopic (exact) mass is 418 g/mol. The van der Waals surface area contributed by atoms with Gasteiger partial charge in [-0.25, -0.2) is 12.8 Å². The van der Waals surface area contributed by atoms with Crippen molar-refractivity contribution in [2.24, 2.45) is 0 Å². The summed E-state index contributed by atoms with van der Waals surface area (Å²) in [7, 11) is -1.93. The Morgan fingerprint density at radius 2 is 1.66 bits per heavy atom. The van der Waals surface area contributed by atoms with Crippen LogP contribution in [-0.4, -0.2) is 38.3 Å². The molecular formula is C22H27FN2O3S. The highest BCUT2D eigenvalue weighted by Gasteiger charge is 2.29. The number of nitrogens with one attached hydrogen (secondary N) is 1. The fourth-order valence-corrected chi connectivity index (χ4v) is 5.07. The molecule has 156 valence electrons. The van der Waals surface area contributed by atoms with Gasteiger partial charge in [-0.1, -0.05) is 31.4 Å². The number of benzene rings is 2. The zero-order valence-electron chi connectivity index (χ0n) is 16.6. The van der Waals surface area contributed by atoms with Gasteiger partial charge in [0.1, 0.15) is 5.82 Å². The molecular weight excluding hydrogens is 391 g/mol. The first kappa shape index (κ1) is 21.5. The van der Waals surface area contributed by atoms with Gasteiger partial charge in [0, 0.05) is 25.2 Å². The molecule has 0 saturated heterocycles. The number of amides is 1. The Balaban J connectivity index is 1.58. The van der Waals surface area contributed by atoms with Crippen LogP contribution in [0.1, 0.15) is 48.0 Å². The number of hydrogen-bond donors (Lipinski definition) is 1. The lowest BCUT2D eigenvalue weighted by Crippen LogP contribution is -2.38. The van der Waals surface area contributed by atoms with Gasteiger partial charge < -0.3 is 5.32 Å². The number of sulfonamides is 1. The molecule has 0 aliphatic heterocycles. The highest BCUT2D eigenvalue weighted by atomic mass is 32.2. The summed E-state index contributed by atoms with van der Waals surface area (Å²) in [6.07, 6.45) is 5.65. The summed E-state index contributed by atoms with van der Waals surface area (Å²) in [6.45, 7) is 0.412. The van der Waals surface area contributed by atoms with Crippen molar-refractivity contribution >= 4 is 15.9 Å². The Labute approximate surface area is 172 Å². The van der Waals surface area contributed by atoms with Gasteiger partial charge in [-0.05, 0) is 61.2 Å². The summed E-state index contributed by atoms with van der Waals surface area (Å²) in [5.74, 6) is -0.557. The lowest BCUT2D eigenvalue weighted by molar-refractivity contribution is 0.0954. The number of carbonyl (C=O) groups is 1. The molecule has 0 unspecified atom stereocenters. The van der Waals surface area contributed by atoms with Crippen molar-refractivity contribution in [3.8, 4) is 0 Å². The van der Waals surface area contributed by atoms with Crippen LogP contribution >= 0.6 is 0 Å². The van der Waals surface area contributed by atoms with Crippen LogP contribution in [0.25, 0.3) is 0 Å². The van der Waals surface area contributed by atoms with E-state index < -0.39 is 10.0 Å². The largest absolute Gasteiger partial charge is 0.352 e. The molecule has 0 aromatic heterocycles. The van der Waals surface area contributed by atoms with E-state index in [1.165, 1.54) is 40.7 Å². The Kier molecular flexibility index (Phi) is 7.03. The average molecular weight is 419 g/mol. The van der Waals surface area contributed by atoms with E-state index in [1.54, 1.807) is 19.2 Å². The Hall–Kier alpha value is -2.25. The van der Waals surface area contributed by atoms with Gasteiger partial charge in [-0.15, -0.1) is 0 Å². The molecule has 3 rings (SSSR count). The van der Waals surface area contributed by atoms with Crippen LogP contribution in [-0.2, 0) is 16.4 Å². The number of hydrogen-bond acceptors (Lipinski definition) is 3. The lowest BCUT2D eigenvalue weighted by atomic mass is 9.96. The maximum Gasteiger partial charge on any atom is 0.251 e. The van der Waals surface area contributed by atoms with Gasteiger partial charge in [-0.2, -0.15) is 4.31 Å². The molecule has 0 atom stereocenters. The van der Waals surface area contributed by atoms with E-state index in [2.05, 4.69) is 5.32 Å². The molecule has 1 fully saturated rings. The summed E-state index contributed by atoms with van der Waals surface area (Å²) in [5.41, 5.74) is 1.34. The van der Waals surface area contributed by atoms with E-state index in [0.717, 1.165) is 37.7 Å². The smallest absolute Gasteiger partial charge is 0.251 e. The van der Waals surface area contributed by atoms with Gasteiger partial charge >= 0.3 is 0 Å². The topological polar surface area (TPSA) is 66.5 Å². The number of rotatable bonds is 7. The molecule has 1 N–H and O–H groups in total. The highest BCUT2D eigenvalue weighted by Crippen LogP contribution is 2.26. The van der Waals surface area contributed by atoms with Gasteiger partial charge in [0.25, 0.3) is 5.91 Å². The van der Waals surface area contributed by atoms with Gasteiger partial charge in [0.05, 0.1) is 4.90 Å². The molecule has 1 aliphatic carbocycles.